The number of hydrogen-bond acceptors (Lipinski definition) is 3. The van der Waals surface area contributed by atoms with Crippen LogP contribution in [-0.4, -0.2) is 24.2 Å². The lowest BCUT2D eigenvalue weighted by molar-refractivity contribution is -0.121. The van der Waals surface area contributed by atoms with E-state index in [1.54, 1.807) is 7.11 Å². The third-order valence-corrected chi connectivity index (χ3v) is 4.06. The molecule has 4 heteroatoms. The van der Waals surface area contributed by atoms with Gasteiger partial charge in [-0.2, -0.15) is 0 Å². The van der Waals surface area contributed by atoms with E-state index in [1.165, 1.54) is 0 Å². The summed E-state index contributed by atoms with van der Waals surface area (Å²) in [7, 11) is 1.61. The molecule has 0 saturated carbocycles. The number of methoxy groups -OCH3 is 1. The average molecular weight is 297 g/mol. The first-order valence-corrected chi connectivity index (χ1v) is 7.35. The number of amides is 1. The molecule has 114 valence electrons. The van der Waals surface area contributed by atoms with Gasteiger partial charge in [-0.1, -0.05) is 36.4 Å². The lowest BCUT2D eigenvalue weighted by Gasteiger charge is -2.17. The van der Waals surface area contributed by atoms with Gasteiger partial charge in [-0.05, 0) is 35.2 Å². The molecular weight excluding hydrogens is 278 g/mol. The molecule has 2 aromatic carbocycles. The van der Waals surface area contributed by atoms with Crippen molar-refractivity contribution >= 4 is 5.91 Å². The number of benzene rings is 2. The van der Waals surface area contributed by atoms with Crippen LogP contribution in [0.15, 0.2) is 48.5 Å². The first-order valence-electron chi connectivity index (χ1n) is 7.35. The first kappa shape index (κ1) is 14.6. The Hall–Kier alpha value is -2.33. The van der Waals surface area contributed by atoms with Gasteiger partial charge in [-0.25, -0.2) is 0 Å². The highest BCUT2D eigenvalue weighted by molar-refractivity contribution is 5.79. The summed E-state index contributed by atoms with van der Waals surface area (Å²) >= 11 is 0. The molecule has 0 fully saturated rings. The van der Waals surface area contributed by atoms with E-state index in [1.807, 2.05) is 48.5 Å². The molecule has 2 atom stereocenters. The summed E-state index contributed by atoms with van der Waals surface area (Å²) in [5.74, 6) is 0.688. The highest BCUT2D eigenvalue weighted by Crippen LogP contribution is 2.31. The number of aliphatic hydroxyl groups excluding tert-OH is 1. The Balaban J connectivity index is 1.61. The maximum atomic E-state index is 12.2. The van der Waals surface area contributed by atoms with Crippen molar-refractivity contribution in [2.45, 2.75) is 25.0 Å². The summed E-state index contributed by atoms with van der Waals surface area (Å²) in [6.45, 7) is 0. The van der Waals surface area contributed by atoms with Gasteiger partial charge >= 0.3 is 0 Å². The van der Waals surface area contributed by atoms with Crippen LogP contribution in [0, 0.1) is 0 Å². The van der Waals surface area contributed by atoms with Gasteiger partial charge in [0.15, 0.2) is 0 Å². The second-order valence-electron chi connectivity index (χ2n) is 5.55. The molecule has 0 radical (unpaired) electrons. The summed E-state index contributed by atoms with van der Waals surface area (Å²) < 4.78 is 5.10. The number of fused-ring (bicyclic) bond motifs is 1. The molecule has 0 spiro atoms. The van der Waals surface area contributed by atoms with Crippen molar-refractivity contribution in [1.82, 2.24) is 5.32 Å². The SMILES string of the molecule is COc1ccc(CC(=O)N[C@@H]2Cc3ccccc3[C@@H]2O)cc1. The van der Waals surface area contributed by atoms with Gasteiger partial charge in [0.1, 0.15) is 5.75 Å². The van der Waals surface area contributed by atoms with Crippen molar-refractivity contribution in [3.63, 3.8) is 0 Å². The van der Waals surface area contributed by atoms with Crippen LogP contribution in [0.3, 0.4) is 0 Å². The van der Waals surface area contributed by atoms with Gasteiger partial charge in [0.25, 0.3) is 0 Å². The maximum absolute atomic E-state index is 12.2. The van der Waals surface area contributed by atoms with Crippen molar-refractivity contribution < 1.29 is 14.6 Å². The topological polar surface area (TPSA) is 58.6 Å². The molecule has 0 aliphatic heterocycles. The Bertz CT molecular complexity index is 666. The van der Waals surface area contributed by atoms with E-state index >= 15 is 0 Å². The third kappa shape index (κ3) is 2.97. The van der Waals surface area contributed by atoms with Crippen LogP contribution < -0.4 is 10.1 Å². The van der Waals surface area contributed by atoms with Crippen LogP contribution in [0.2, 0.25) is 0 Å². The van der Waals surface area contributed by atoms with E-state index < -0.39 is 6.10 Å². The molecular formula is C18H19NO3. The molecule has 22 heavy (non-hydrogen) atoms. The average Bonchev–Trinajstić information content (AvgIpc) is 2.84. The van der Waals surface area contributed by atoms with Crippen LogP contribution in [0.25, 0.3) is 0 Å². The number of carbonyl (C=O) groups is 1. The van der Waals surface area contributed by atoms with E-state index in [4.69, 9.17) is 4.74 Å². The van der Waals surface area contributed by atoms with Crippen molar-refractivity contribution in [3.8, 4) is 5.75 Å². The van der Waals surface area contributed by atoms with Crippen LogP contribution in [0.4, 0.5) is 0 Å². The zero-order valence-electron chi connectivity index (χ0n) is 12.5. The number of ether oxygens (including phenoxy) is 1. The third-order valence-electron chi connectivity index (χ3n) is 4.06. The number of nitrogens with one attached hydrogen (secondary N) is 1. The van der Waals surface area contributed by atoms with Crippen molar-refractivity contribution in [2.24, 2.45) is 0 Å². The number of rotatable bonds is 4. The Morgan fingerprint density at radius 3 is 2.64 bits per heavy atom. The van der Waals surface area contributed by atoms with E-state index in [2.05, 4.69) is 5.32 Å². The number of hydrogen-bond donors (Lipinski definition) is 2. The van der Waals surface area contributed by atoms with E-state index in [-0.39, 0.29) is 11.9 Å². The summed E-state index contributed by atoms with van der Waals surface area (Å²) in [4.78, 5) is 12.2. The fourth-order valence-corrected chi connectivity index (χ4v) is 2.89. The lowest BCUT2D eigenvalue weighted by atomic mass is 10.1. The summed E-state index contributed by atoms with van der Waals surface area (Å²) in [6.07, 6.45) is 0.339. The fourth-order valence-electron chi connectivity index (χ4n) is 2.89. The standard InChI is InChI=1S/C18H19NO3/c1-22-14-8-6-12(7-9-14)10-17(20)19-16-11-13-4-2-3-5-15(13)18(16)21/h2-9,16,18,21H,10-11H2,1H3,(H,19,20)/t16-,18+/m1/s1. The number of aliphatic hydroxyl groups is 1. The second-order valence-corrected chi connectivity index (χ2v) is 5.55. The van der Waals surface area contributed by atoms with Crippen LogP contribution in [0.5, 0.6) is 5.75 Å². The lowest BCUT2D eigenvalue weighted by Crippen LogP contribution is -2.38. The van der Waals surface area contributed by atoms with Gasteiger partial charge in [0, 0.05) is 0 Å². The van der Waals surface area contributed by atoms with Crippen LogP contribution in [-0.2, 0) is 17.6 Å². The summed E-state index contributed by atoms with van der Waals surface area (Å²) in [6, 6.07) is 14.9. The van der Waals surface area contributed by atoms with Crippen molar-refractivity contribution in [2.75, 3.05) is 7.11 Å². The van der Waals surface area contributed by atoms with Gasteiger partial charge in [-0.15, -0.1) is 0 Å². The maximum Gasteiger partial charge on any atom is 0.224 e. The molecule has 1 aliphatic carbocycles. The smallest absolute Gasteiger partial charge is 0.224 e. The Morgan fingerprint density at radius 2 is 1.95 bits per heavy atom. The van der Waals surface area contributed by atoms with Gasteiger partial charge in [0.05, 0.1) is 25.7 Å². The predicted molar refractivity (Wildman–Crippen MR) is 83.7 cm³/mol. The molecule has 1 amide bonds. The monoisotopic (exact) mass is 297 g/mol. The highest BCUT2D eigenvalue weighted by atomic mass is 16.5. The highest BCUT2D eigenvalue weighted by Gasteiger charge is 2.31. The van der Waals surface area contributed by atoms with Gasteiger partial charge < -0.3 is 15.2 Å². The molecule has 0 saturated heterocycles. The number of carbonyl (C=O) groups excluding carboxylic acids is 1. The predicted octanol–water partition coefficient (Wildman–Crippen LogP) is 2.01. The van der Waals surface area contributed by atoms with Crippen LogP contribution in [0.1, 0.15) is 22.8 Å². The van der Waals surface area contributed by atoms with Crippen molar-refractivity contribution in [3.05, 3.63) is 65.2 Å². The Kier molecular flexibility index (Phi) is 4.11. The minimum atomic E-state index is -0.629. The molecule has 0 unspecified atom stereocenters. The molecule has 4 nitrogen and oxygen atoms in total. The molecule has 0 heterocycles. The van der Waals surface area contributed by atoms with E-state index in [0.717, 1.165) is 22.4 Å². The van der Waals surface area contributed by atoms with Gasteiger partial charge in [-0.3, -0.25) is 4.79 Å². The van der Waals surface area contributed by atoms with Crippen molar-refractivity contribution in [1.29, 1.82) is 0 Å². The first-order chi connectivity index (χ1) is 10.7. The zero-order chi connectivity index (χ0) is 15.5. The zero-order valence-corrected chi connectivity index (χ0v) is 12.5. The molecule has 3 rings (SSSR count). The molecule has 2 N–H and O–H groups in total. The van der Waals surface area contributed by atoms with Crippen LogP contribution >= 0.6 is 0 Å². The Morgan fingerprint density at radius 1 is 1.23 bits per heavy atom. The van der Waals surface area contributed by atoms with E-state index in [9.17, 15) is 9.90 Å². The minimum Gasteiger partial charge on any atom is -0.497 e. The summed E-state index contributed by atoms with van der Waals surface area (Å²) in [5, 5.41) is 13.2. The van der Waals surface area contributed by atoms with E-state index in [0.29, 0.717) is 12.8 Å². The normalized spacial score (nSPS) is 19.5. The molecule has 2 aromatic rings. The molecule has 0 aromatic heterocycles. The van der Waals surface area contributed by atoms with Gasteiger partial charge in [0.2, 0.25) is 5.91 Å². The fraction of sp³-hybridized carbons (Fsp3) is 0.278. The quantitative estimate of drug-likeness (QED) is 0.907. The second kappa shape index (κ2) is 6.20. The largest absolute Gasteiger partial charge is 0.497 e. The summed E-state index contributed by atoms with van der Waals surface area (Å²) in [5.41, 5.74) is 2.94. The molecule has 1 aliphatic rings. The Labute approximate surface area is 129 Å². The molecule has 0 bridgehead atoms. The minimum absolute atomic E-state index is 0.0815.